The second-order valence-electron chi connectivity index (χ2n) is 6.09. The van der Waals surface area contributed by atoms with E-state index in [1.54, 1.807) is 18.2 Å². The molecular formula is C17H22N6O5. The van der Waals surface area contributed by atoms with Crippen LogP contribution < -0.4 is 25.8 Å². The first kappa shape index (κ1) is 19.4. The number of nitrogens with two attached hydrogens (primary N) is 1. The number of nitrogen functional groups attached to an aromatic ring is 1. The molecule has 2 aromatic rings. The zero-order chi connectivity index (χ0) is 20.1. The van der Waals surface area contributed by atoms with Crippen LogP contribution in [0.15, 0.2) is 18.2 Å². The lowest BCUT2D eigenvalue weighted by molar-refractivity contribution is -0.383. The van der Waals surface area contributed by atoms with Gasteiger partial charge in [-0.1, -0.05) is 0 Å². The second kappa shape index (κ2) is 8.57. The van der Waals surface area contributed by atoms with Crippen molar-refractivity contribution >= 4 is 29.0 Å². The van der Waals surface area contributed by atoms with Crippen LogP contribution in [0.5, 0.6) is 11.5 Å². The Bertz CT molecular complexity index is 856. The van der Waals surface area contributed by atoms with Gasteiger partial charge in [0, 0.05) is 19.2 Å². The van der Waals surface area contributed by atoms with E-state index < -0.39 is 10.6 Å². The van der Waals surface area contributed by atoms with E-state index in [2.05, 4.69) is 20.6 Å². The lowest BCUT2D eigenvalue weighted by atomic mass is 10.2. The average molecular weight is 390 g/mol. The van der Waals surface area contributed by atoms with E-state index in [0.29, 0.717) is 23.7 Å². The van der Waals surface area contributed by atoms with Gasteiger partial charge >= 0.3 is 5.69 Å². The molecule has 1 aromatic carbocycles. The highest BCUT2D eigenvalue weighted by Gasteiger charge is 2.25. The van der Waals surface area contributed by atoms with Gasteiger partial charge in [-0.3, -0.25) is 10.1 Å². The predicted molar refractivity (Wildman–Crippen MR) is 103 cm³/mol. The van der Waals surface area contributed by atoms with E-state index in [4.69, 9.17) is 19.9 Å². The Hall–Kier alpha value is -3.34. The average Bonchev–Trinajstić information content (AvgIpc) is 3.19. The second-order valence-corrected chi connectivity index (χ2v) is 6.09. The zero-order valence-corrected chi connectivity index (χ0v) is 15.6. The van der Waals surface area contributed by atoms with Crippen molar-refractivity contribution in [2.24, 2.45) is 0 Å². The maximum atomic E-state index is 11.5. The van der Waals surface area contributed by atoms with Gasteiger partial charge in [0.2, 0.25) is 17.6 Å². The monoisotopic (exact) mass is 390 g/mol. The SMILES string of the molecule is COc1ccc(OC)c(Nc2nc(NCC3CCCO3)nc(N)c2[N+](=O)[O-])c1. The molecule has 3 rings (SSSR count). The molecule has 2 heterocycles. The first-order chi connectivity index (χ1) is 13.5. The largest absolute Gasteiger partial charge is 0.497 e. The molecule has 0 amide bonds. The third-order valence-corrected chi connectivity index (χ3v) is 4.27. The van der Waals surface area contributed by atoms with Crippen LogP contribution in [0.3, 0.4) is 0 Å². The fourth-order valence-corrected chi connectivity index (χ4v) is 2.87. The fourth-order valence-electron chi connectivity index (χ4n) is 2.87. The van der Waals surface area contributed by atoms with Crippen LogP contribution in [0.1, 0.15) is 12.8 Å². The molecule has 1 aliphatic heterocycles. The van der Waals surface area contributed by atoms with E-state index in [-0.39, 0.29) is 23.7 Å². The smallest absolute Gasteiger partial charge is 0.353 e. The minimum absolute atomic E-state index is 0.0508. The number of rotatable bonds is 8. The Kier molecular flexibility index (Phi) is 5.94. The van der Waals surface area contributed by atoms with Gasteiger partial charge in [-0.2, -0.15) is 9.97 Å². The highest BCUT2D eigenvalue weighted by atomic mass is 16.6. The van der Waals surface area contributed by atoms with Gasteiger partial charge in [-0.25, -0.2) is 0 Å². The first-order valence-electron chi connectivity index (χ1n) is 8.68. The number of hydrogen-bond acceptors (Lipinski definition) is 10. The first-order valence-corrected chi connectivity index (χ1v) is 8.68. The summed E-state index contributed by atoms with van der Waals surface area (Å²) in [5, 5.41) is 17.4. The Morgan fingerprint density at radius 1 is 1.36 bits per heavy atom. The van der Waals surface area contributed by atoms with Crippen molar-refractivity contribution < 1.29 is 19.1 Å². The van der Waals surface area contributed by atoms with Gasteiger partial charge in [0.15, 0.2) is 0 Å². The van der Waals surface area contributed by atoms with E-state index in [1.165, 1.54) is 14.2 Å². The molecule has 11 heteroatoms. The van der Waals surface area contributed by atoms with E-state index >= 15 is 0 Å². The van der Waals surface area contributed by atoms with Crippen molar-refractivity contribution in [2.75, 3.05) is 43.7 Å². The molecule has 1 aromatic heterocycles. The maximum Gasteiger partial charge on any atom is 0.353 e. The summed E-state index contributed by atoms with van der Waals surface area (Å²) in [6.45, 7) is 1.21. The minimum Gasteiger partial charge on any atom is -0.497 e. The van der Waals surface area contributed by atoms with Gasteiger partial charge in [0.05, 0.1) is 30.9 Å². The van der Waals surface area contributed by atoms with E-state index in [1.807, 2.05) is 0 Å². The molecule has 1 saturated heterocycles. The number of nitrogens with one attached hydrogen (secondary N) is 2. The van der Waals surface area contributed by atoms with Crippen molar-refractivity contribution in [2.45, 2.75) is 18.9 Å². The topological polar surface area (TPSA) is 147 Å². The predicted octanol–water partition coefficient (Wildman–Crippen LogP) is 2.32. The lowest BCUT2D eigenvalue weighted by Gasteiger charge is -2.15. The number of methoxy groups -OCH3 is 2. The molecule has 0 bridgehead atoms. The normalized spacial score (nSPS) is 15.9. The van der Waals surface area contributed by atoms with Gasteiger partial charge < -0.3 is 30.6 Å². The maximum absolute atomic E-state index is 11.5. The highest BCUT2D eigenvalue weighted by molar-refractivity contribution is 5.77. The number of hydrogen-bond donors (Lipinski definition) is 3. The van der Waals surface area contributed by atoms with Gasteiger partial charge in [0.25, 0.3) is 0 Å². The fraction of sp³-hybridized carbons (Fsp3) is 0.412. The zero-order valence-electron chi connectivity index (χ0n) is 15.6. The Morgan fingerprint density at radius 2 is 2.18 bits per heavy atom. The molecule has 28 heavy (non-hydrogen) atoms. The molecule has 1 fully saturated rings. The van der Waals surface area contributed by atoms with E-state index in [9.17, 15) is 10.1 Å². The molecule has 11 nitrogen and oxygen atoms in total. The van der Waals surface area contributed by atoms with Crippen LogP contribution in [0.2, 0.25) is 0 Å². The summed E-state index contributed by atoms with van der Waals surface area (Å²) in [6.07, 6.45) is 1.98. The minimum atomic E-state index is -0.631. The Labute approximate surface area is 161 Å². The number of aromatic nitrogens is 2. The number of benzene rings is 1. The van der Waals surface area contributed by atoms with Crippen LogP contribution >= 0.6 is 0 Å². The summed E-state index contributed by atoms with van der Waals surface area (Å²) in [5.41, 5.74) is 5.84. The number of nitrogens with zero attached hydrogens (tertiary/aromatic N) is 3. The van der Waals surface area contributed by atoms with Gasteiger partial charge in [0.1, 0.15) is 11.5 Å². The third kappa shape index (κ3) is 4.31. The van der Waals surface area contributed by atoms with Crippen LogP contribution in [0.25, 0.3) is 0 Å². The summed E-state index contributed by atoms with van der Waals surface area (Å²) in [7, 11) is 3.01. The van der Waals surface area contributed by atoms with E-state index in [0.717, 1.165) is 19.4 Å². The van der Waals surface area contributed by atoms with Crippen molar-refractivity contribution in [1.82, 2.24) is 9.97 Å². The standard InChI is InChI=1S/C17H22N6O5/c1-26-10-5-6-13(27-2)12(8-10)20-16-14(23(24)25)15(18)21-17(22-16)19-9-11-4-3-7-28-11/h5-6,8,11H,3-4,7,9H2,1-2H3,(H4,18,19,20,21,22). The summed E-state index contributed by atoms with van der Waals surface area (Å²) in [6, 6.07) is 5.02. The quantitative estimate of drug-likeness (QED) is 0.453. The molecule has 4 N–H and O–H groups in total. The van der Waals surface area contributed by atoms with Crippen molar-refractivity contribution in [3.63, 3.8) is 0 Å². The number of ether oxygens (including phenoxy) is 3. The highest BCUT2D eigenvalue weighted by Crippen LogP contribution is 2.36. The number of anilines is 4. The summed E-state index contributed by atoms with van der Waals surface area (Å²) >= 11 is 0. The molecule has 1 atom stereocenters. The van der Waals surface area contributed by atoms with Crippen LogP contribution in [-0.2, 0) is 4.74 Å². The molecule has 150 valence electrons. The van der Waals surface area contributed by atoms with Crippen molar-refractivity contribution in [1.29, 1.82) is 0 Å². The molecule has 1 unspecified atom stereocenters. The molecule has 0 saturated carbocycles. The Balaban J connectivity index is 1.92. The lowest BCUT2D eigenvalue weighted by Crippen LogP contribution is -2.20. The summed E-state index contributed by atoms with van der Waals surface area (Å²) < 4.78 is 16.0. The molecule has 1 aliphatic rings. The van der Waals surface area contributed by atoms with Crippen LogP contribution in [0.4, 0.5) is 29.0 Å². The van der Waals surface area contributed by atoms with Crippen LogP contribution in [0, 0.1) is 10.1 Å². The number of nitro groups is 1. The Morgan fingerprint density at radius 3 is 2.82 bits per heavy atom. The third-order valence-electron chi connectivity index (χ3n) is 4.27. The van der Waals surface area contributed by atoms with Crippen LogP contribution in [-0.4, -0.2) is 48.4 Å². The molecule has 0 aliphatic carbocycles. The van der Waals surface area contributed by atoms with Gasteiger partial charge in [-0.15, -0.1) is 0 Å². The van der Waals surface area contributed by atoms with Crippen molar-refractivity contribution in [3.05, 3.63) is 28.3 Å². The molecule has 0 spiro atoms. The summed E-state index contributed by atoms with van der Waals surface area (Å²) in [4.78, 5) is 19.1. The molecular weight excluding hydrogens is 368 g/mol. The molecule has 0 radical (unpaired) electrons. The van der Waals surface area contributed by atoms with Gasteiger partial charge in [-0.05, 0) is 25.0 Å². The summed E-state index contributed by atoms with van der Waals surface area (Å²) in [5.74, 6) is 0.868. The van der Waals surface area contributed by atoms with Crippen molar-refractivity contribution in [3.8, 4) is 11.5 Å².